The van der Waals surface area contributed by atoms with Crippen LogP contribution in [0.5, 0.6) is 0 Å². The third kappa shape index (κ3) is 2.45. The molecular formula is C8H13NO2. The lowest BCUT2D eigenvalue weighted by Crippen LogP contribution is -2.02. The molecule has 3 heteroatoms. The lowest BCUT2D eigenvalue weighted by molar-refractivity contribution is -0.113. The summed E-state index contributed by atoms with van der Waals surface area (Å²) in [6.07, 6.45) is 2.77. The zero-order valence-corrected chi connectivity index (χ0v) is 6.79. The molecule has 0 aliphatic carbocycles. The highest BCUT2D eigenvalue weighted by molar-refractivity contribution is 5.97. The fraction of sp³-hybridized carbons (Fsp3) is 0.375. The van der Waals surface area contributed by atoms with Crippen LogP contribution in [0.2, 0.25) is 0 Å². The number of rotatable bonds is 3. The molecule has 3 nitrogen and oxygen atoms in total. The molecule has 0 unspecified atom stereocenters. The maximum absolute atomic E-state index is 10.8. The fourth-order valence-corrected chi connectivity index (χ4v) is 0.798. The number of allylic oxidation sites excluding steroid dienone is 2. The Kier molecular flexibility index (Phi) is 4.03. The van der Waals surface area contributed by atoms with Crippen LogP contribution >= 0.6 is 0 Å². The van der Waals surface area contributed by atoms with Gasteiger partial charge in [0.2, 0.25) is 0 Å². The lowest BCUT2D eigenvalue weighted by atomic mass is 10.0. The Morgan fingerprint density at radius 2 is 2.18 bits per heavy atom. The number of aliphatic hydroxyl groups is 1. The van der Waals surface area contributed by atoms with Gasteiger partial charge in [0.25, 0.3) is 0 Å². The van der Waals surface area contributed by atoms with Crippen LogP contribution in [0.15, 0.2) is 23.6 Å². The molecule has 0 atom stereocenters. The van der Waals surface area contributed by atoms with E-state index >= 15 is 0 Å². The minimum absolute atomic E-state index is 0.175. The molecule has 0 bridgehead atoms. The smallest absolute Gasteiger partial charge is 0.163 e. The van der Waals surface area contributed by atoms with Crippen molar-refractivity contribution in [3.8, 4) is 0 Å². The molecule has 0 aromatic heterocycles. The molecule has 0 aromatic rings. The van der Waals surface area contributed by atoms with Gasteiger partial charge < -0.3 is 10.8 Å². The number of carbonyl (C=O) groups excluding carboxylic acids is 1. The Morgan fingerprint density at radius 1 is 1.64 bits per heavy atom. The Labute approximate surface area is 66.2 Å². The van der Waals surface area contributed by atoms with Gasteiger partial charge in [0, 0.05) is 0 Å². The average Bonchev–Trinajstić information content (AvgIpc) is 1.99. The third-order valence-electron chi connectivity index (χ3n) is 1.44. The van der Waals surface area contributed by atoms with Crippen LogP contribution in [0, 0.1) is 0 Å². The van der Waals surface area contributed by atoms with E-state index in [1.807, 2.05) is 6.92 Å². The first-order valence-electron chi connectivity index (χ1n) is 3.43. The number of aliphatic hydroxyl groups excluding tert-OH is 1. The van der Waals surface area contributed by atoms with Crippen LogP contribution in [0.1, 0.15) is 20.3 Å². The number of Topliss-reactive ketones (excluding diaryl/α,β-unsaturated/α-hetero) is 1. The predicted octanol–water partition coefficient (Wildman–Crippen LogP) is 1.27. The van der Waals surface area contributed by atoms with Gasteiger partial charge in [-0.3, -0.25) is 4.79 Å². The van der Waals surface area contributed by atoms with Crippen LogP contribution in [0.25, 0.3) is 0 Å². The first kappa shape index (κ1) is 9.75. The Balaban J connectivity index is 4.65. The quantitative estimate of drug-likeness (QED) is 0.366. The van der Waals surface area contributed by atoms with Crippen molar-refractivity contribution >= 4 is 5.78 Å². The summed E-state index contributed by atoms with van der Waals surface area (Å²) in [7, 11) is 0. The molecule has 62 valence electrons. The number of ketones is 1. The molecule has 0 radical (unpaired) electrons. The predicted molar refractivity (Wildman–Crippen MR) is 44.0 cm³/mol. The van der Waals surface area contributed by atoms with Gasteiger partial charge in [-0.1, -0.05) is 6.92 Å². The maximum atomic E-state index is 10.8. The van der Waals surface area contributed by atoms with E-state index < -0.39 is 0 Å². The second kappa shape index (κ2) is 4.55. The van der Waals surface area contributed by atoms with E-state index in [-0.39, 0.29) is 11.4 Å². The molecule has 3 N–H and O–H groups in total. The molecule has 0 heterocycles. The Morgan fingerprint density at radius 3 is 2.27 bits per heavy atom. The summed E-state index contributed by atoms with van der Waals surface area (Å²) >= 11 is 0. The van der Waals surface area contributed by atoms with Gasteiger partial charge in [0.05, 0.1) is 11.8 Å². The van der Waals surface area contributed by atoms with Crippen molar-refractivity contribution in [1.29, 1.82) is 0 Å². The minimum atomic E-state index is -0.175. The molecule has 0 saturated heterocycles. The second-order valence-corrected chi connectivity index (χ2v) is 2.14. The molecule has 0 saturated carbocycles. The summed E-state index contributed by atoms with van der Waals surface area (Å²) < 4.78 is 0. The van der Waals surface area contributed by atoms with Crippen molar-refractivity contribution in [2.24, 2.45) is 5.73 Å². The van der Waals surface area contributed by atoms with Gasteiger partial charge in [-0.2, -0.15) is 0 Å². The highest BCUT2D eigenvalue weighted by Gasteiger charge is 2.07. The number of hydrogen-bond donors (Lipinski definition) is 2. The van der Waals surface area contributed by atoms with Crippen molar-refractivity contribution in [2.45, 2.75) is 20.3 Å². The highest BCUT2D eigenvalue weighted by Crippen LogP contribution is 2.12. The van der Waals surface area contributed by atoms with Crippen LogP contribution in [0.4, 0.5) is 0 Å². The summed E-state index contributed by atoms with van der Waals surface area (Å²) in [5.74, 6) is -0.175. The van der Waals surface area contributed by atoms with Gasteiger partial charge in [-0.05, 0) is 25.1 Å². The van der Waals surface area contributed by atoms with Crippen molar-refractivity contribution in [3.63, 3.8) is 0 Å². The first-order valence-corrected chi connectivity index (χ1v) is 3.43. The van der Waals surface area contributed by atoms with Crippen molar-refractivity contribution in [2.75, 3.05) is 0 Å². The maximum Gasteiger partial charge on any atom is 0.163 e. The first-order chi connectivity index (χ1) is 5.17. The van der Waals surface area contributed by atoms with Crippen LogP contribution < -0.4 is 5.73 Å². The molecule has 0 spiro atoms. The van der Waals surface area contributed by atoms with E-state index in [4.69, 9.17) is 10.8 Å². The second-order valence-electron chi connectivity index (χ2n) is 2.14. The lowest BCUT2D eigenvalue weighted by Gasteiger charge is -2.02. The molecule has 0 rings (SSSR count). The van der Waals surface area contributed by atoms with Crippen molar-refractivity contribution < 1.29 is 9.90 Å². The molecule has 11 heavy (non-hydrogen) atoms. The van der Waals surface area contributed by atoms with Crippen molar-refractivity contribution in [1.82, 2.24) is 0 Å². The zero-order valence-electron chi connectivity index (χ0n) is 6.79. The van der Waals surface area contributed by atoms with Gasteiger partial charge >= 0.3 is 0 Å². The molecule has 0 fully saturated rings. The molecule has 0 aliphatic rings. The summed E-state index contributed by atoms with van der Waals surface area (Å²) in [4.78, 5) is 10.8. The number of hydrogen-bond acceptors (Lipinski definition) is 3. The van der Waals surface area contributed by atoms with Crippen LogP contribution in [-0.2, 0) is 4.79 Å². The largest absolute Gasteiger partial charge is 0.515 e. The van der Waals surface area contributed by atoms with Gasteiger partial charge in [0.1, 0.15) is 0 Å². The van der Waals surface area contributed by atoms with E-state index in [9.17, 15) is 4.79 Å². The summed E-state index contributed by atoms with van der Waals surface area (Å²) in [6.45, 7) is 3.26. The fourth-order valence-electron chi connectivity index (χ4n) is 0.798. The molecule has 0 aliphatic heterocycles. The van der Waals surface area contributed by atoms with Crippen molar-refractivity contribution in [3.05, 3.63) is 23.6 Å². The summed E-state index contributed by atoms with van der Waals surface area (Å²) in [5, 5.41) is 8.65. The highest BCUT2D eigenvalue weighted by atomic mass is 16.2. The molecule has 0 aromatic carbocycles. The SMILES string of the molecule is CCC(=C/N)/C(=C/O)C(C)=O. The van der Waals surface area contributed by atoms with Crippen LogP contribution in [-0.4, -0.2) is 10.9 Å². The monoisotopic (exact) mass is 155 g/mol. The zero-order chi connectivity index (χ0) is 8.85. The van der Waals surface area contributed by atoms with E-state index in [1.165, 1.54) is 13.1 Å². The van der Waals surface area contributed by atoms with Gasteiger partial charge in [-0.25, -0.2) is 0 Å². The molecule has 0 amide bonds. The third-order valence-corrected chi connectivity index (χ3v) is 1.44. The van der Waals surface area contributed by atoms with Crippen LogP contribution in [0.3, 0.4) is 0 Å². The van der Waals surface area contributed by atoms with Gasteiger partial charge in [-0.15, -0.1) is 0 Å². The number of nitrogens with two attached hydrogens (primary N) is 1. The number of carbonyl (C=O) groups is 1. The molecular weight excluding hydrogens is 142 g/mol. The normalized spacial score (nSPS) is 13.3. The van der Waals surface area contributed by atoms with E-state index in [1.54, 1.807) is 0 Å². The topological polar surface area (TPSA) is 63.3 Å². The van der Waals surface area contributed by atoms with E-state index in [0.717, 1.165) is 6.26 Å². The van der Waals surface area contributed by atoms with E-state index in [2.05, 4.69) is 0 Å². The summed E-state index contributed by atoms with van der Waals surface area (Å²) in [5.41, 5.74) is 6.19. The Hall–Kier alpha value is -1.25. The Bertz CT molecular complexity index is 204. The standard InChI is InChI=1S/C8H13NO2/c1-3-7(4-9)8(5-10)6(2)11/h4-5,10H,3,9H2,1-2H3/b7-4-,8-5+. The summed E-state index contributed by atoms with van der Waals surface area (Å²) in [6, 6.07) is 0. The van der Waals surface area contributed by atoms with E-state index in [0.29, 0.717) is 12.0 Å². The van der Waals surface area contributed by atoms with Gasteiger partial charge in [0.15, 0.2) is 5.78 Å². The average molecular weight is 155 g/mol. The minimum Gasteiger partial charge on any atom is -0.515 e.